The van der Waals surface area contributed by atoms with Crippen LogP contribution in [0.25, 0.3) is 0 Å². The molecule has 3 heteroatoms. The van der Waals surface area contributed by atoms with E-state index in [9.17, 15) is 4.79 Å². The number of nitrogens with one attached hydrogen (secondary N) is 1. The molecule has 0 aromatic heterocycles. The molecule has 3 nitrogen and oxygen atoms in total. The molecule has 1 rings (SSSR count). The second kappa shape index (κ2) is 6.02. The Morgan fingerprint density at radius 3 is 2.93 bits per heavy atom. The van der Waals surface area contributed by atoms with Gasteiger partial charge in [-0.2, -0.15) is 0 Å². The van der Waals surface area contributed by atoms with Gasteiger partial charge in [-0.15, -0.1) is 0 Å². The third kappa shape index (κ3) is 3.29. The summed E-state index contributed by atoms with van der Waals surface area (Å²) in [4.78, 5) is 13.8. The molecule has 0 aliphatic carbocycles. The first kappa shape index (κ1) is 11.5. The van der Waals surface area contributed by atoms with Gasteiger partial charge in [-0.1, -0.05) is 19.8 Å². The van der Waals surface area contributed by atoms with Gasteiger partial charge in [-0.3, -0.25) is 4.79 Å². The summed E-state index contributed by atoms with van der Waals surface area (Å²) in [5.41, 5.74) is 0. The standard InChI is InChI=1S/C11H22N2O/c1-3-9-13(2)11(14)10-7-5-4-6-8-12-10/h10,12H,3-9H2,1-2H3. The molecule has 0 aromatic rings. The van der Waals surface area contributed by atoms with E-state index in [0.29, 0.717) is 0 Å². The summed E-state index contributed by atoms with van der Waals surface area (Å²) in [6, 6.07) is 0.0778. The van der Waals surface area contributed by atoms with Crippen molar-refractivity contribution >= 4 is 5.91 Å². The molecule has 0 aromatic carbocycles. The summed E-state index contributed by atoms with van der Waals surface area (Å²) < 4.78 is 0. The van der Waals surface area contributed by atoms with Crippen molar-refractivity contribution in [3.63, 3.8) is 0 Å². The lowest BCUT2D eigenvalue weighted by Crippen LogP contribution is -2.44. The van der Waals surface area contributed by atoms with Gasteiger partial charge in [0, 0.05) is 13.6 Å². The molecule has 14 heavy (non-hydrogen) atoms. The highest BCUT2D eigenvalue weighted by Gasteiger charge is 2.21. The van der Waals surface area contributed by atoms with E-state index in [0.717, 1.165) is 25.9 Å². The molecule has 1 unspecified atom stereocenters. The number of nitrogens with zero attached hydrogens (tertiary/aromatic N) is 1. The Balaban J connectivity index is 2.40. The van der Waals surface area contributed by atoms with Crippen molar-refractivity contribution in [2.45, 2.75) is 45.1 Å². The molecule has 1 amide bonds. The number of carbonyl (C=O) groups excluding carboxylic acids is 1. The van der Waals surface area contributed by atoms with Gasteiger partial charge in [-0.25, -0.2) is 0 Å². The van der Waals surface area contributed by atoms with Crippen LogP contribution in [0.2, 0.25) is 0 Å². The molecule has 82 valence electrons. The van der Waals surface area contributed by atoms with Crippen LogP contribution in [-0.2, 0) is 4.79 Å². The summed E-state index contributed by atoms with van der Waals surface area (Å²) in [5.74, 6) is 0.272. The molecule has 1 N–H and O–H groups in total. The van der Waals surface area contributed by atoms with Gasteiger partial charge in [0.1, 0.15) is 0 Å². The minimum Gasteiger partial charge on any atom is -0.344 e. The van der Waals surface area contributed by atoms with E-state index in [1.54, 1.807) is 0 Å². The predicted octanol–water partition coefficient (Wildman–Crippen LogP) is 1.39. The molecular formula is C11H22N2O. The highest BCUT2D eigenvalue weighted by Crippen LogP contribution is 2.10. The Kier molecular flexibility index (Phi) is 4.94. The third-order valence-electron chi connectivity index (χ3n) is 2.79. The van der Waals surface area contributed by atoms with Crippen molar-refractivity contribution in [3.05, 3.63) is 0 Å². The third-order valence-corrected chi connectivity index (χ3v) is 2.79. The monoisotopic (exact) mass is 198 g/mol. The molecule has 0 radical (unpaired) electrons. The van der Waals surface area contributed by atoms with Crippen LogP contribution in [0.3, 0.4) is 0 Å². The lowest BCUT2D eigenvalue weighted by molar-refractivity contribution is -0.132. The normalized spacial score (nSPS) is 22.9. The predicted molar refractivity (Wildman–Crippen MR) is 58.2 cm³/mol. The van der Waals surface area contributed by atoms with E-state index in [-0.39, 0.29) is 11.9 Å². The fraction of sp³-hybridized carbons (Fsp3) is 0.909. The maximum absolute atomic E-state index is 11.9. The van der Waals surface area contributed by atoms with Crippen molar-refractivity contribution in [2.75, 3.05) is 20.1 Å². The van der Waals surface area contributed by atoms with Crippen LogP contribution >= 0.6 is 0 Å². The van der Waals surface area contributed by atoms with Crippen molar-refractivity contribution in [1.29, 1.82) is 0 Å². The summed E-state index contributed by atoms with van der Waals surface area (Å²) >= 11 is 0. The Bertz CT molecular complexity index is 174. The lowest BCUT2D eigenvalue weighted by Gasteiger charge is -2.22. The zero-order valence-corrected chi connectivity index (χ0v) is 9.38. The zero-order chi connectivity index (χ0) is 10.4. The van der Waals surface area contributed by atoms with Gasteiger partial charge in [0.15, 0.2) is 0 Å². The smallest absolute Gasteiger partial charge is 0.239 e. The Morgan fingerprint density at radius 2 is 2.21 bits per heavy atom. The maximum Gasteiger partial charge on any atom is 0.239 e. The summed E-state index contributed by atoms with van der Waals surface area (Å²) in [6.45, 7) is 3.97. The minimum absolute atomic E-state index is 0.0778. The van der Waals surface area contributed by atoms with Gasteiger partial charge in [0.2, 0.25) is 5.91 Å². The van der Waals surface area contributed by atoms with E-state index in [4.69, 9.17) is 0 Å². The Hall–Kier alpha value is -0.570. The molecule has 1 fully saturated rings. The molecule has 1 aliphatic rings. The van der Waals surface area contributed by atoms with E-state index in [2.05, 4.69) is 12.2 Å². The lowest BCUT2D eigenvalue weighted by atomic mass is 10.1. The average Bonchev–Trinajstić information content (AvgIpc) is 2.45. The quantitative estimate of drug-likeness (QED) is 0.743. The maximum atomic E-state index is 11.9. The van der Waals surface area contributed by atoms with Crippen LogP contribution < -0.4 is 5.32 Å². The van der Waals surface area contributed by atoms with Gasteiger partial charge in [-0.05, 0) is 25.8 Å². The topological polar surface area (TPSA) is 32.3 Å². The fourth-order valence-corrected chi connectivity index (χ4v) is 1.95. The second-order valence-electron chi connectivity index (χ2n) is 4.12. The molecule has 0 spiro atoms. The SMILES string of the molecule is CCCN(C)C(=O)C1CCCCCN1. The molecule has 0 saturated carbocycles. The van der Waals surface area contributed by atoms with E-state index >= 15 is 0 Å². The van der Waals surface area contributed by atoms with Crippen LogP contribution in [0.5, 0.6) is 0 Å². The summed E-state index contributed by atoms with van der Waals surface area (Å²) in [6.07, 6.45) is 5.70. The van der Waals surface area contributed by atoms with Crippen molar-refractivity contribution in [1.82, 2.24) is 10.2 Å². The van der Waals surface area contributed by atoms with Crippen LogP contribution in [0.15, 0.2) is 0 Å². The van der Waals surface area contributed by atoms with Gasteiger partial charge >= 0.3 is 0 Å². The Labute approximate surface area is 86.9 Å². The first-order chi connectivity index (χ1) is 6.75. The number of hydrogen-bond donors (Lipinski definition) is 1. The van der Waals surface area contributed by atoms with Gasteiger partial charge < -0.3 is 10.2 Å². The zero-order valence-electron chi connectivity index (χ0n) is 9.38. The molecule has 1 saturated heterocycles. The Morgan fingerprint density at radius 1 is 1.43 bits per heavy atom. The van der Waals surface area contributed by atoms with E-state index in [1.807, 2.05) is 11.9 Å². The highest BCUT2D eigenvalue weighted by molar-refractivity contribution is 5.81. The van der Waals surface area contributed by atoms with Crippen LogP contribution in [0.4, 0.5) is 0 Å². The summed E-state index contributed by atoms with van der Waals surface area (Å²) in [5, 5.41) is 3.33. The minimum atomic E-state index is 0.0778. The van der Waals surface area contributed by atoms with Crippen LogP contribution in [0, 0.1) is 0 Å². The molecule has 0 bridgehead atoms. The molecular weight excluding hydrogens is 176 g/mol. The first-order valence-corrected chi connectivity index (χ1v) is 5.74. The molecule has 1 aliphatic heterocycles. The van der Waals surface area contributed by atoms with E-state index < -0.39 is 0 Å². The number of amides is 1. The number of hydrogen-bond acceptors (Lipinski definition) is 2. The number of rotatable bonds is 3. The highest BCUT2D eigenvalue weighted by atomic mass is 16.2. The van der Waals surface area contributed by atoms with Crippen molar-refractivity contribution in [3.8, 4) is 0 Å². The molecule has 1 heterocycles. The second-order valence-corrected chi connectivity index (χ2v) is 4.12. The largest absolute Gasteiger partial charge is 0.344 e. The van der Waals surface area contributed by atoms with Gasteiger partial charge in [0.25, 0.3) is 0 Å². The average molecular weight is 198 g/mol. The number of carbonyl (C=O) groups is 1. The van der Waals surface area contributed by atoms with Crippen molar-refractivity contribution < 1.29 is 4.79 Å². The van der Waals surface area contributed by atoms with Crippen LogP contribution in [0.1, 0.15) is 39.0 Å². The fourth-order valence-electron chi connectivity index (χ4n) is 1.95. The van der Waals surface area contributed by atoms with Crippen LogP contribution in [-0.4, -0.2) is 37.0 Å². The van der Waals surface area contributed by atoms with Gasteiger partial charge in [0.05, 0.1) is 6.04 Å². The van der Waals surface area contributed by atoms with E-state index in [1.165, 1.54) is 19.3 Å². The summed E-state index contributed by atoms with van der Waals surface area (Å²) in [7, 11) is 1.90. The number of likely N-dealkylation sites (N-methyl/N-ethyl adjacent to an activating group) is 1. The van der Waals surface area contributed by atoms with Crippen molar-refractivity contribution in [2.24, 2.45) is 0 Å². The first-order valence-electron chi connectivity index (χ1n) is 5.74. The molecule has 1 atom stereocenters.